The zero-order valence-electron chi connectivity index (χ0n) is 49.8. The summed E-state index contributed by atoms with van der Waals surface area (Å²) in [6.45, 7) is 7.70. The van der Waals surface area contributed by atoms with E-state index < -0.39 is 107 Å². The molecule has 86 heavy (non-hydrogen) atoms. The number of hydrogen-bond donors (Lipinski definition) is 16. The molecular weight excluding hydrogens is 1160 g/mol. The zero-order valence-corrected chi connectivity index (χ0v) is 51.4. The molecule has 0 radical (unpaired) electrons. The van der Waals surface area contributed by atoms with Gasteiger partial charge in [0.15, 0.2) is 23.0 Å². The summed E-state index contributed by atoms with van der Waals surface area (Å²) in [6, 6.07) is 3.09. The highest BCUT2D eigenvalue weighted by molar-refractivity contribution is 8.76. The molecule has 2 aromatic carbocycles. The highest BCUT2D eigenvalue weighted by Gasteiger charge is 2.30. The molecule has 2 aromatic rings. The van der Waals surface area contributed by atoms with Gasteiger partial charge >= 0.3 is 0 Å². The number of nitrogens with two attached hydrogens (primary N) is 4. The molecule has 0 heterocycles. The second kappa shape index (κ2) is 41.0. The second-order valence-corrected chi connectivity index (χ2v) is 23.6. The lowest BCUT2D eigenvalue weighted by Crippen LogP contribution is -2.51. The molecule has 0 aliphatic heterocycles. The number of aliphatic hydroxyl groups is 4. The van der Waals surface area contributed by atoms with Crippen LogP contribution in [0.1, 0.15) is 113 Å². The Hall–Kier alpha value is -6.22. The fourth-order valence-electron chi connectivity index (χ4n) is 8.34. The van der Waals surface area contributed by atoms with E-state index in [2.05, 4.69) is 21.3 Å². The lowest BCUT2D eigenvalue weighted by Gasteiger charge is -2.30. The van der Waals surface area contributed by atoms with Gasteiger partial charge < -0.3 is 105 Å². The molecule has 30 heteroatoms. The maximum absolute atomic E-state index is 13.3. The topological polar surface area (TPSA) is 464 Å². The van der Waals surface area contributed by atoms with Crippen LogP contribution in [-0.4, -0.2) is 246 Å². The van der Waals surface area contributed by atoms with Crippen LogP contribution in [0.3, 0.4) is 0 Å². The Balaban J connectivity index is 1.76. The molecule has 0 saturated carbocycles. The first-order valence-electron chi connectivity index (χ1n) is 29.0. The van der Waals surface area contributed by atoms with Crippen LogP contribution in [0.4, 0.5) is 0 Å². The molecule has 0 aromatic heterocycles. The predicted octanol–water partition coefficient (Wildman–Crippen LogP) is -1.67. The number of carbonyl (C=O) groups excluding carboxylic acids is 8. The van der Waals surface area contributed by atoms with Crippen molar-refractivity contribution in [3.8, 4) is 23.0 Å². The molecule has 0 aliphatic rings. The number of carbonyl (C=O) groups is 8. The van der Waals surface area contributed by atoms with Crippen LogP contribution in [0.15, 0.2) is 36.4 Å². The summed E-state index contributed by atoms with van der Waals surface area (Å²) in [5, 5.41) is 90.7. The van der Waals surface area contributed by atoms with Gasteiger partial charge in [0.25, 0.3) is 11.8 Å². The van der Waals surface area contributed by atoms with Gasteiger partial charge in [0, 0.05) is 103 Å². The average Bonchev–Trinajstić information content (AvgIpc) is 3.48. The monoisotopic (exact) mass is 1250 g/mol. The molecule has 0 aliphatic carbocycles. The van der Waals surface area contributed by atoms with Crippen LogP contribution in [0.25, 0.3) is 0 Å². The Kier molecular flexibility index (Phi) is 36.2. The maximum Gasteiger partial charge on any atom is 0.255 e. The van der Waals surface area contributed by atoms with Crippen LogP contribution in [0.2, 0.25) is 0 Å². The molecule has 0 saturated heterocycles. The Labute approximate surface area is 510 Å². The average molecular weight is 1260 g/mol. The van der Waals surface area contributed by atoms with E-state index in [9.17, 15) is 79.2 Å². The zero-order chi connectivity index (χ0) is 64.5. The van der Waals surface area contributed by atoms with Crippen molar-refractivity contribution in [2.45, 2.75) is 140 Å². The number of unbranched alkanes of at least 4 members (excludes halogenated alkanes) is 2. The fourth-order valence-corrected chi connectivity index (χ4v) is 10.3. The molecule has 0 spiro atoms. The normalized spacial score (nSPS) is 14.0. The van der Waals surface area contributed by atoms with Crippen molar-refractivity contribution in [3.05, 3.63) is 47.5 Å². The molecule has 20 N–H and O–H groups in total. The number of rotatable bonds is 43. The minimum Gasteiger partial charge on any atom is -0.504 e. The van der Waals surface area contributed by atoms with Crippen molar-refractivity contribution in [2.24, 2.45) is 22.9 Å². The van der Waals surface area contributed by atoms with Crippen LogP contribution in [0.5, 0.6) is 23.0 Å². The Morgan fingerprint density at radius 3 is 0.965 bits per heavy atom. The lowest BCUT2D eigenvalue weighted by atomic mass is 10.1. The fraction of sp³-hybridized carbons (Fsp3) is 0.643. The number of nitrogens with zero attached hydrogens (tertiary/aromatic N) is 4. The van der Waals surface area contributed by atoms with E-state index in [0.717, 1.165) is 0 Å². The van der Waals surface area contributed by atoms with Crippen molar-refractivity contribution in [1.29, 1.82) is 0 Å². The van der Waals surface area contributed by atoms with Gasteiger partial charge in [-0.05, 0) is 103 Å². The number of amides is 8. The molecule has 8 amide bonds. The third-order valence-electron chi connectivity index (χ3n) is 13.7. The summed E-state index contributed by atoms with van der Waals surface area (Å²) in [5.41, 5.74) is 23.8. The second-order valence-electron chi connectivity index (χ2n) is 20.9. The molecule has 2 rings (SSSR count). The Morgan fingerprint density at radius 1 is 0.407 bits per heavy atom. The van der Waals surface area contributed by atoms with Gasteiger partial charge in [-0.25, -0.2) is 0 Å². The van der Waals surface area contributed by atoms with Crippen molar-refractivity contribution in [2.75, 3.05) is 90.0 Å². The number of nitrogens with one attached hydrogen (secondary N) is 4. The van der Waals surface area contributed by atoms with Crippen molar-refractivity contribution in [3.63, 3.8) is 0 Å². The van der Waals surface area contributed by atoms with E-state index in [1.165, 1.54) is 105 Å². The number of phenolic OH excluding ortho intramolecular Hbond substituents is 4. The third-order valence-corrected chi connectivity index (χ3v) is 16.1. The quantitative estimate of drug-likeness (QED) is 0.0201. The molecule has 0 unspecified atom stereocenters. The van der Waals surface area contributed by atoms with Gasteiger partial charge in [-0.1, -0.05) is 33.7 Å². The summed E-state index contributed by atoms with van der Waals surface area (Å²) in [6.07, 6.45) is -1.06. The first-order chi connectivity index (χ1) is 40.7. The standard InChI is InChI=1S/C56H94N12O16S2/c1-35(69)45(57)53(81)65(29-13-31-67(55(83)47(59)37(3)71)27-11-23-63-51(79)39-15-9-17-41(73)49(39)77)25-7-5-21-61-43(75)19-33-85-86-34-20-44(76)62-22-6-8-26-66(54(82)46(58)36(2)70)30-14-32-68(56(84)48(60)38(4)72)28-12-24-64-52(80)40-16-10-18-42(74)50(40)78/h9-10,15-18,35-38,45-48,69-74,77-78H,5-8,11-14,19-34,57-60H2,1-4H3,(H,61,75)(H,62,76)(H,63,79)(H,64,80)/t35-,36-,37-,38-,45+,46+,47+,48+/m1/s1. The Bertz CT molecular complexity index is 2280. The van der Waals surface area contributed by atoms with Gasteiger partial charge in [0.1, 0.15) is 24.2 Å². The summed E-state index contributed by atoms with van der Waals surface area (Å²) in [7, 11) is 2.90. The summed E-state index contributed by atoms with van der Waals surface area (Å²) in [5.74, 6) is -4.76. The van der Waals surface area contributed by atoms with Crippen molar-refractivity contribution < 1.29 is 79.2 Å². The molecule has 28 nitrogen and oxygen atoms in total. The third kappa shape index (κ3) is 27.6. The molecule has 0 bridgehead atoms. The number of para-hydroxylation sites is 2. The lowest BCUT2D eigenvalue weighted by molar-refractivity contribution is -0.137. The smallest absolute Gasteiger partial charge is 0.255 e. The number of aliphatic hydroxyl groups excluding tert-OH is 4. The van der Waals surface area contributed by atoms with E-state index in [-0.39, 0.29) is 127 Å². The van der Waals surface area contributed by atoms with Gasteiger partial charge in [-0.15, -0.1) is 0 Å². The van der Waals surface area contributed by atoms with Crippen LogP contribution in [0, 0.1) is 0 Å². The highest BCUT2D eigenvalue weighted by atomic mass is 33.1. The van der Waals surface area contributed by atoms with E-state index >= 15 is 0 Å². The summed E-state index contributed by atoms with van der Waals surface area (Å²) >= 11 is 0. The van der Waals surface area contributed by atoms with Crippen molar-refractivity contribution in [1.82, 2.24) is 40.9 Å². The highest BCUT2D eigenvalue weighted by Crippen LogP contribution is 2.29. The number of hydrogen-bond acceptors (Lipinski definition) is 22. The summed E-state index contributed by atoms with van der Waals surface area (Å²) in [4.78, 5) is 109. The van der Waals surface area contributed by atoms with Crippen LogP contribution < -0.4 is 44.2 Å². The first kappa shape index (κ1) is 75.9. The van der Waals surface area contributed by atoms with Crippen molar-refractivity contribution >= 4 is 68.8 Å². The van der Waals surface area contributed by atoms with Gasteiger partial charge in [-0.3, -0.25) is 38.4 Å². The van der Waals surface area contributed by atoms with E-state index in [1.54, 1.807) is 0 Å². The first-order valence-corrected chi connectivity index (χ1v) is 31.5. The number of aromatic hydroxyl groups is 4. The number of benzene rings is 2. The maximum atomic E-state index is 13.3. The molecule has 486 valence electrons. The van der Waals surface area contributed by atoms with E-state index in [1.807, 2.05) is 0 Å². The molecule has 0 fully saturated rings. The van der Waals surface area contributed by atoms with E-state index in [4.69, 9.17) is 22.9 Å². The molecular formula is C56H94N12O16S2. The van der Waals surface area contributed by atoms with Gasteiger partial charge in [0.05, 0.1) is 35.5 Å². The molecule has 8 atom stereocenters. The van der Waals surface area contributed by atoms with Gasteiger partial charge in [0.2, 0.25) is 35.4 Å². The largest absolute Gasteiger partial charge is 0.504 e. The van der Waals surface area contributed by atoms with Crippen LogP contribution in [-0.2, 0) is 28.8 Å². The van der Waals surface area contributed by atoms with Crippen LogP contribution >= 0.6 is 21.6 Å². The minimum atomic E-state index is -1.23. The number of phenols is 4. The minimum absolute atomic E-state index is 0.0901. The van der Waals surface area contributed by atoms with E-state index in [0.29, 0.717) is 50.3 Å². The van der Waals surface area contributed by atoms with Gasteiger partial charge in [-0.2, -0.15) is 0 Å². The predicted molar refractivity (Wildman–Crippen MR) is 326 cm³/mol. The SMILES string of the molecule is C[C@@H](O)[C@H](N)C(=O)N(CCCCNC(=O)CCSSCCC(=O)NCCCCN(CCCN(CCCNC(=O)c1cccc(O)c1O)C(=O)[C@@H](N)[C@@H](C)O)C(=O)[C@@H](N)[C@@H](C)O)CCCN(CCCNC(=O)c1cccc(O)c1O)C(=O)[C@@H](N)[C@@H](C)O. The Morgan fingerprint density at radius 2 is 0.674 bits per heavy atom. The summed E-state index contributed by atoms with van der Waals surface area (Å²) < 4.78 is 0.